The second-order valence-electron chi connectivity index (χ2n) is 4.22. The number of hydrogen-bond donors (Lipinski definition) is 1. The summed E-state index contributed by atoms with van der Waals surface area (Å²) in [6, 6.07) is 5.79. The lowest BCUT2D eigenvalue weighted by Gasteiger charge is -2.01. The van der Waals surface area contributed by atoms with Crippen molar-refractivity contribution in [2.45, 2.75) is 24.4 Å². The first kappa shape index (κ1) is 13.7. The molecule has 0 aliphatic rings. The van der Waals surface area contributed by atoms with Gasteiger partial charge < -0.3 is 9.67 Å². The summed E-state index contributed by atoms with van der Waals surface area (Å²) in [6.45, 7) is 0.287. The van der Waals surface area contributed by atoms with E-state index in [1.807, 2.05) is 25.2 Å². The first-order valence-corrected chi connectivity index (χ1v) is 7.44. The van der Waals surface area contributed by atoms with Gasteiger partial charge in [-0.05, 0) is 31.0 Å². The van der Waals surface area contributed by atoms with Crippen LogP contribution in [-0.4, -0.2) is 27.0 Å². The minimum Gasteiger partial charge on any atom is -0.396 e. The number of aromatic nitrogens is 2. The summed E-state index contributed by atoms with van der Waals surface area (Å²) >= 11 is 7.72. The lowest BCUT2D eigenvalue weighted by Crippen LogP contribution is -1.92. The van der Waals surface area contributed by atoms with Crippen molar-refractivity contribution in [3.8, 4) is 0 Å². The maximum atomic E-state index is 8.71. The summed E-state index contributed by atoms with van der Waals surface area (Å²) < 4.78 is 2.10. The predicted octanol–water partition coefficient (Wildman–Crippen LogP) is 3.48. The normalized spacial score (nSPS) is 11.3. The Hall–Kier alpha value is -0.710. The third-order valence-corrected chi connectivity index (χ3v) is 4.19. The van der Waals surface area contributed by atoms with Gasteiger partial charge in [-0.15, -0.1) is 0 Å². The predicted molar refractivity (Wildman–Crippen MR) is 77.4 cm³/mol. The van der Waals surface area contributed by atoms with Gasteiger partial charge in [0.1, 0.15) is 0 Å². The van der Waals surface area contributed by atoms with Crippen molar-refractivity contribution < 1.29 is 5.11 Å². The highest BCUT2D eigenvalue weighted by molar-refractivity contribution is 7.99. The number of benzene rings is 1. The second kappa shape index (κ2) is 6.45. The molecular formula is C13H17ClN2OS. The summed E-state index contributed by atoms with van der Waals surface area (Å²) in [5, 5.41) is 10.5. The molecule has 1 N–H and O–H groups in total. The Kier molecular flexibility index (Phi) is 4.92. The van der Waals surface area contributed by atoms with E-state index >= 15 is 0 Å². The number of aliphatic hydroxyl groups excluding tert-OH is 1. The third kappa shape index (κ3) is 3.19. The van der Waals surface area contributed by atoms with Gasteiger partial charge in [0, 0.05) is 24.4 Å². The highest BCUT2D eigenvalue weighted by Gasteiger charge is 2.08. The molecule has 0 fully saturated rings. The number of imidazole rings is 1. The van der Waals surface area contributed by atoms with Gasteiger partial charge in [-0.2, -0.15) is 0 Å². The van der Waals surface area contributed by atoms with E-state index in [-0.39, 0.29) is 6.61 Å². The van der Waals surface area contributed by atoms with Crippen LogP contribution in [-0.2, 0) is 7.05 Å². The van der Waals surface area contributed by atoms with Crippen LogP contribution >= 0.6 is 23.4 Å². The fourth-order valence-electron chi connectivity index (χ4n) is 1.83. The zero-order valence-electron chi connectivity index (χ0n) is 10.4. The van der Waals surface area contributed by atoms with Crippen molar-refractivity contribution in [2.75, 3.05) is 12.4 Å². The Morgan fingerprint density at radius 1 is 1.33 bits per heavy atom. The fourth-order valence-corrected chi connectivity index (χ4v) is 2.99. The zero-order chi connectivity index (χ0) is 13.0. The van der Waals surface area contributed by atoms with Crippen LogP contribution in [0.2, 0.25) is 5.02 Å². The van der Waals surface area contributed by atoms with Gasteiger partial charge in [-0.25, -0.2) is 4.98 Å². The molecule has 1 aromatic carbocycles. The van der Waals surface area contributed by atoms with Crippen LogP contribution < -0.4 is 0 Å². The summed E-state index contributed by atoms with van der Waals surface area (Å²) in [5.41, 5.74) is 2.06. The molecule has 0 radical (unpaired) electrons. The first-order chi connectivity index (χ1) is 8.72. The number of fused-ring (bicyclic) bond motifs is 1. The number of hydrogen-bond acceptors (Lipinski definition) is 3. The van der Waals surface area contributed by atoms with Crippen molar-refractivity contribution in [1.29, 1.82) is 0 Å². The summed E-state index contributed by atoms with van der Waals surface area (Å²) in [5.74, 6) is 1.03. The first-order valence-electron chi connectivity index (χ1n) is 6.08. The molecular weight excluding hydrogens is 268 g/mol. The molecule has 0 spiro atoms. The van der Waals surface area contributed by atoms with Gasteiger partial charge >= 0.3 is 0 Å². The number of nitrogens with zero attached hydrogens (tertiary/aromatic N) is 2. The third-order valence-electron chi connectivity index (χ3n) is 2.84. The monoisotopic (exact) mass is 284 g/mol. The van der Waals surface area contributed by atoms with E-state index in [0.717, 1.165) is 46.2 Å². The maximum Gasteiger partial charge on any atom is 0.168 e. The highest BCUT2D eigenvalue weighted by atomic mass is 35.5. The molecule has 0 saturated heterocycles. The molecule has 18 heavy (non-hydrogen) atoms. The summed E-state index contributed by atoms with van der Waals surface area (Å²) in [7, 11) is 2.03. The molecule has 2 aromatic rings. The summed E-state index contributed by atoms with van der Waals surface area (Å²) in [4.78, 5) is 4.58. The van der Waals surface area contributed by atoms with Gasteiger partial charge in [0.25, 0.3) is 0 Å². The largest absolute Gasteiger partial charge is 0.396 e. The molecule has 2 rings (SSSR count). The van der Waals surface area contributed by atoms with Crippen LogP contribution in [0.4, 0.5) is 0 Å². The molecule has 0 bridgehead atoms. The molecule has 0 unspecified atom stereocenters. The Balaban J connectivity index is 2.02. The van der Waals surface area contributed by atoms with E-state index in [0.29, 0.717) is 0 Å². The molecule has 3 nitrogen and oxygen atoms in total. The van der Waals surface area contributed by atoms with Crippen molar-refractivity contribution >= 4 is 34.4 Å². The van der Waals surface area contributed by atoms with E-state index in [1.54, 1.807) is 11.8 Å². The lowest BCUT2D eigenvalue weighted by atomic mass is 10.3. The lowest BCUT2D eigenvalue weighted by molar-refractivity contribution is 0.284. The van der Waals surface area contributed by atoms with Crippen LogP contribution in [0.15, 0.2) is 23.4 Å². The van der Waals surface area contributed by atoms with Gasteiger partial charge in [-0.3, -0.25) is 0 Å². The number of aliphatic hydroxyl groups is 1. The quantitative estimate of drug-likeness (QED) is 0.652. The van der Waals surface area contributed by atoms with Crippen LogP contribution in [0.1, 0.15) is 19.3 Å². The van der Waals surface area contributed by atoms with Crippen LogP contribution in [0.3, 0.4) is 0 Å². The average Bonchev–Trinajstić information content (AvgIpc) is 2.65. The summed E-state index contributed by atoms with van der Waals surface area (Å²) in [6.07, 6.45) is 3.06. The maximum absolute atomic E-state index is 8.71. The van der Waals surface area contributed by atoms with Crippen LogP contribution in [0, 0.1) is 0 Å². The Bertz CT molecular complexity index is 527. The van der Waals surface area contributed by atoms with E-state index in [1.165, 1.54) is 0 Å². The fraction of sp³-hybridized carbons (Fsp3) is 0.462. The number of thioether (sulfide) groups is 1. The molecule has 5 heteroatoms. The minimum atomic E-state index is 0.287. The Morgan fingerprint density at radius 2 is 2.17 bits per heavy atom. The SMILES string of the molecule is Cn1c(SCCCCCO)nc2cc(Cl)ccc21. The molecule has 98 valence electrons. The minimum absolute atomic E-state index is 0.287. The van der Waals surface area contributed by atoms with Crippen LogP contribution in [0.25, 0.3) is 11.0 Å². The van der Waals surface area contributed by atoms with Gasteiger partial charge in [0.15, 0.2) is 5.16 Å². The van der Waals surface area contributed by atoms with Gasteiger partial charge in [0.05, 0.1) is 11.0 Å². The van der Waals surface area contributed by atoms with Crippen molar-refractivity contribution in [3.05, 3.63) is 23.2 Å². The smallest absolute Gasteiger partial charge is 0.168 e. The molecule has 1 aromatic heterocycles. The highest BCUT2D eigenvalue weighted by Crippen LogP contribution is 2.25. The number of unbranched alkanes of at least 4 members (excludes halogenated alkanes) is 2. The van der Waals surface area contributed by atoms with E-state index < -0.39 is 0 Å². The molecule has 0 amide bonds. The number of halogens is 1. The zero-order valence-corrected chi connectivity index (χ0v) is 12.0. The Labute approximate surface area is 116 Å². The van der Waals surface area contributed by atoms with Crippen molar-refractivity contribution in [2.24, 2.45) is 7.05 Å². The van der Waals surface area contributed by atoms with Gasteiger partial charge in [-0.1, -0.05) is 29.8 Å². The van der Waals surface area contributed by atoms with E-state index in [9.17, 15) is 0 Å². The molecule has 0 aliphatic heterocycles. The average molecular weight is 285 g/mol. The van der Waals surface area contributed by atoms with Gasteiger partial charge in [0.2, 0.25) is 0 Å². The molecule has 0 atom stereocenters. The van der Waals surface area contributed by atoms with E-state index in [4.69, 9.17) is 16.7 Å². The molecule has 0 aliphatic carbocycles. The standard InChI is InChI=1S/C13H17ClN2OS/c1-16-12-6-5-10(14)9-11(12)15-13(16)18-8-4-2-3-7-17/h5-6,9,17H,2-4,7-8H2,1H3. The molecule has 1 heterocycles. The molecule has 0 saturated carbocycles. The topological polar surface area (TPSA) is 38.0 Å². The Morgan fingerprint density at radius 3 is 2.94 bits per heavy atom. The van der Waals surface area contributed by atoms with Crippen molar-refractivity contribution in [1.82, 2.24) is 9.55 Å². The number of aryl methyl sites for hydroxylation is 1. The number of rotatable bonds is 6. The van der Waals surface area contributed by atoms with Crippen LogP contribution in [0.5, 0.6) is 0 Å². The second-order valence-corrected chi connectivity index (χ2v) is 5.72. The van der Waals surface area contributed by atoms with Crippen molar-refractivity contribution in [3.63, 3.8) is 0 Å². The van der Waals surface area contributed by atoms with E-state index in [2.05, 4.69) is 9.55 Å².